The highest BCUT2D eigenvalue weighted by atomic mass is 16.6. The molecule has 0 saturated heterocycles. The molecule has 142 valence electrons. The van der Waals surface area contributed by atoms with E-state index in [-0.39, 0.29) is 11.5 Å². The van der Waals surface area contributed by atoms with E-state index in [2.05, 4.69) is 0 Å². The van der Waals surface area contributed by atoms with E-state index in [0.29, 0.717) is 11.1 Å². The predicted octanol–water partition coefficient (Wildman–Crippen LogP) is 5.30. The lowest BCUT2D eigenvalue weighted by molar-refractivity contribution is 0.0680. The molecule has 0 fully saturated rings. The van der Waals surface area contributed by atoms with Crippen LogP contribution in [0.3, 0.4) is 0 Å². The number of hydrogen-bond acceptors (Lipinski definition) is 4. The van der Waals surface area contributed by atoms with Crippen LogP contribution in [0.15, 0.2) is 66.7 Å². The van der Waals surface area contributed by atoms with Crippen LogP contribution in [0.4, 0.5) is 0 Å². The van der Waals surface area contributed by atoms with Crippen molar-refractivity contribution in [3.05, 3.63) is 94.5 Å². The second-order valence-corrected chi connectivity index (χ2v) is 6.50. The quantitative estimate of drug-likeness (QED) is 0.449. The molecule has 0 atom stereocenters. The number of carbonyl (C=O) groups excluding carboxylic acids is 2. The lowest BCUT2D eigenvalue weighted by Crippen LogP contribution is -2.15. The second kappa shape index (κ2) is 8.53. The van der Waals surface area contributed by atoms with Crippen LogP contribution >= 0.6 is 0 Å². The molecular weight excluding hydrogens is 352 g/mol. The van der Waals surface area contributed by atoms with Crippen LogP contribution in [0.25, 0.3) is 0 Å². The third kappa shape index (κ3) is 4.12. The van der Waals surface area contributed by atoms with Crippen molar-refractivity contribution in [3.8, 4) is 11.5 Å². The van der Waals surface area contributed by atoms with Crippen molar-refractivity contribution in [1.82, 2.24) is 0 Å². The third-order valence-electron chi connectivity index (χ3n) is 4.57. The summed E-state index contributed by atoms with van der Waals surface area (Å²) in [5.41, 5.74) is 3.42. The van der Waals surface area contributed by atoms with Crippen molar-refractivity contribution in [2.75, 3.05) is 0 Å². The Morgan fingerprint density at radius 1 is 0.750 bits per heavy atom. The Balaban J connectivity index is 2.00. The van der Waals surface area contributed by atoms with Gasteiger partial charge in [-0.1, -0.05) is 49.4 Å². The normalized spacial score (nSPS) is 10.4. The summed E-state index contributed by atoms with van der Waals surface area (Å²) >= 11 is 0. The number of ether oxygens (including phenoxy) is 2. The largest absolute Gasteiger partial charge is 0.419 e. The van der Waals surface area contributed by atoms with Gasteiger partial charge in [-0.3, -0.25) is 0 Å². The molecule has 4 heteroatoms. The first kappa shape index (κ1) is 19.4. The van der Waals surface area contributed by atoms with Crippen LogP contribution in [-0.2, 0) is 6.42 Å². The van der Waals surface area contributed by atoms with Gasteiger partial charge in [0.25, 0.3) is 0 Å². The fourth-order valence-corrected chi connectivity index (χ4v) is 3.00. The van der Waals surface area contributed by atoms with Gasteiger partial charge in [-0.2, -0.15) is 0 Å². The Kier molecular flexibility index (Phi) is 5.90. The molecular formula is C24H22O4. The summed E-state index contributed by atoms with van der Waals surface area (Å²) in [5, 5.41) is 0. The third-order valence-corrected chi connectivity index (χ3v) is 4.57. The number of aryl methyl sites for hydroxylation is 2. The van der Waals surface area contributed by atoms with Crippen molar-refractivity contribution < 1.29 is 19.1 Å². The topological polar surface area (TPSA) is 52.6 Å². The lowest BCUT2D eigenvalue weighted by atomic mass is 10.0. The zero-order valence-electron chi connectivity index (χ0n) is 16.2. The SMILES string of the molecule is CCc1cc(C)c(OC(=O)c2ccccc2)c(OC(=O)c2ccccc2)c1C. The van der Waals surface area contributed by atoms with Gasteiger partial charge in [-0.05, 0) is 61.2 Å². The van der Waals surface area contributed by atoms with E-state index in [0.717, 1.165) is 23.1 Å². The average molecular weight is 374 g/mol. The predicted molar refractivity (Wildman–Crippen MR) is 108 cm³/mol. The van der Waals surface area contributed by atoms with Gasteiger partial charge in [0.2, 0.25) is 0 Å². The van der Waals surface area contributed by atoms with Crippen LogP contribution in [-0.4, -0.2) is 11.9 Å². The Bertz CT molecular complexity index is 992. The van der Waals surface area contributed by atoms with E-state index in [1.54, 1.807) is 48.5 Å². The molecule has 0 unspecified atom stereocenters. The lowest BCUT2D eigenvalue weighted by Gasteiger charge is -2.18. The fraction of sp³-hybridized carbons (Fsp3) is 0.167. The van der Waals surface area contributed by atoms with Crippen LogP contribution in [0.1, 0.15) is 44.3 Å². The summed E-state index contributed by atoms with van der Waals surface area (Å²) in [6, 6.07) is 19.4. The van der Waals surface area contributed by atoms with E-state index < -0.39 is 11.9 Å². The first-order chi connectivity index (χ1) is 13.5. The molecule has 0 radical (unpaired) electrons. The zero-order valence-corrected chi connectivity index (χ0v) is 16.2. The van der Waals surface area contributed by atoms with Gasteiger partial charge in [-0.25, -0.2) is 9.59 Å². The molecule has 0 bridgehead atoms. The smallest absolute Gasteiger partial charge is 0.343 e. The van der Waals surface area contributed by atoms with Crippen molar-refractivity contribution >= 4 is 11.9 Å². The highest BCUT2D eigenvalue weighted by molar-refractivity contribution is 5.93. The van der Waals surface area contributed by atoms with Crippen molar-refractivity contribution in [3.63, 3.8) is 0 Å². The number of benzene rings is 3. The minimum Gasteiger partial charge on any atom is -0.419 e. The summed E-state index contributed by atoms with van der Waals surface area (Å²) in [4.78, 5) is 25.2. The van der Waals surface area contributed by atoms with Crippen LogP contribution in [0.5, 0.6) is 11.5 Å². The molecule has 0 heterocycles. The maximum absolute atomic E-state index is 12.6. The van der Waals surface area contributed by atoms with Gasteiger partial charge in [0.1, 0.15) is 0 Å². The standard InChI is InChI=1S/C24H22O4/c1-4-18-15-16(2)21(27-23(25)19-11-7-5-8-12-19)22(17(18)3)28-24(26)20-13-9-6-10-14-20/h5-15H,4H2,1-3H3. The Labute approximate surface area is 164 Å². The first-order valence-electron chi connectivity index (χ1n) is 9.18. The molecule has 0 N–H and O–H groups in total. The van der Waals surface area contributed by atoms with E-state index in [1.807, 2.05) is 39.0 Å². The monoisotopic (exact) mass is 374 g/mol. The fourth-order valence-electron chi connectivity index (χ4n) is 3.00. The van der Waals surface area contributed by atoms with Gasteiger partial charge in [0, 0.05) is 0 Å². The molecule has 0 saturated carbocycles. The van der Waals surface area contributed by atoms with E-state index in [9.17, 15) is 9.59 Å². The molecule has 28 heavy (non-hydrogen) atoms. The van der Waals surface area contributed by atoms with Gasteiger partial charge in [0.05, 0.1) is 11.1 Å². The Hall–Kier alpha value is -3.40. The second-order valence-electron chi connectivity index (χ2n) is 6.50. The Morgan fingerprint density at radius 2 is 1.21 bits per heavy atom. The van der Waals surface area contributed by atoms with Crippen LogP contribution in [0, 0.1) is 13.8 Å². The molecule has 4 nitrogen and oxygen atoms in total. The van der Waals surface area contributed by atoms with Crippen molar-refractivity contribution in [2.45, 2.75) is 27.2 Å². The van der Waals surface area contributed by atoms with Gasteiger partial charge in [-0.15, -0.1) is 0 Å². The average Bonchev–Trinajstić information content (AvgIpc) is 2.73. The molecule has 0 aromatic heterocycles. The van der Waals surface area contributed by atoms with Crippen LogP contribution in [0.2, 0.25) is 0 Å². The van der Waals surface area contributed by atoms with Crippen molar-refractivity contribution in [1.29, 1.82) is 0 Å². The number of rotatable bonds is 5. The molecule has 0 aliphatic heterocycles. The first-order valence-corrected chi connectivity index (χ1v) is 9.18. The maximum atomic E-state index is 12.6. The van der Waals surface area contributed by atoms with Gasteiger partial charge >= 0.3 is 11.9 Å². The van der Waals surface area contributed by atoms with E-state index in [4.69, 9.17) is 9.47 Å². The molecule has 0 aliphatic carbocycles. The number of esters is 2. The van der Waals surface area contributed by atoms with E-state index >= 15 is 0 Å². The molecule has 0 spiro atoms. The molecule has 0 aliphatic rings. The van der Waals surface area contributed by atoms with Gasteiger partial charge < -0.3 is 9.47 Å². The Morgan fingerprint density at radius 3 is 1.68 bits per heavy atom. The molecule has 0 amide bonds. The molecule has 3 rings (SSSR count). The zero-order chi connectivity index (χ0) is 20.1. The number of carbonyl (C=O) groups is 2. The van der Waals surface area contributed by atoms with Gasteiger partial charge in [0.15, 0.2) is 11.5 Å². The summed E-state index contributed by atoms with van der Waals surface area (Å²) in [6.07, 6.45) is 0.773. The summed E-state index contributed by atoms with van der Waals surface area (Å²) in [5.74, 6) is -0.430. The van der Waals surface area contributed by atoms with Crippen molar-refractivity contribution in [2.24, 2.45) is 0 Å². The maximum Gasteiger partial charge on any atom is 0.343 e. The highest BCUT2D eigenvalue weighted by Crippen LogP contribution is 2.38. The van der Waals surface area contributed by atoms with E-state index in [1.165, 1.54) is 0 Å². The summed E-state index contributed by atoms with van der Waals surface area (Å²) in [6.45, 7) is 5.73. The summed E-state index contributed by atoms with van der Waals surface area (Å²) < 4.78 is 11.4. The number of hydrogen-bond donors (Lipinski definition) is 0. The van der Waals surface area contributed by atoms with Crippen LogP contribution < -0.4 is 9.47 Å². The summed E-state index contributed by atoms with van der Waals surface area (Å²) in [7, 11) is 0. The minimum atomic E-state index is -0.496. The minimum absolute atomic E-state index is 0.271. The highest BCUT2D eigenvalue weighted by Gasteiger charge is 2.22. The molecule has 3 aromatic carbocycles. The molecule has 3 aromatic rings.